The van der Waals surface area contributed by atoms with Crippen LogP contribution in [0.2, 0.25) is 0 Å². The largest absolute Gasteiger partial charge is 0.496 e. The standard InChI is InChI=1S/C15H24N2O2/c1-10-6-11(2)15(18-3)13(7-10)14(16)8-12-9-19-5-4-17-12/h6-7,12,14,17H,4-5,8-9,16H2,1-3H3. The topological polar surface area (TPSA) is 56.5 Å². The number of rotatable bonds is 4. The average Bonchev–Trinajstić information content (AvgIpc) is 2.39. The van der Waals surface area contributed by atoms with Crippen molar-refractivity contribution >= 4 is 0 Å². The lowest BCUT2D eigenvalue weighted by atomic mass is 9.95. The summed E-state index contributed by atoms with van der Waals surface area (Å²) in [6.45, 7) is 6.58. The Balaban J connectivity index is 2.15. The molecule has 1 saturated heterocycles. The van der Waals surface area contributed by atoms with E-state index in [1.165, 1.54) is 5.56 Å². The lowest BCUT2D eigenvalue weighted by Crippen LogP contribution is -2.42. The van der Waals surface area contributed by atoms with Gasteiger partial charge in [-0.2, -0.15) is 0 Å². The van der Waals surface area contributed by atoms with E-state index >= 15 is 0 Å². The second kappa shape index (κ2) is 6.37. The summed E-state index contributed by atoms with van der Waals surface area (Å²) >= 11 is 0. The van der Waals surface area contributed by atoms with E-state index in [0.29, 0.717) is 6.04 Å². The van der Waals surface area contributed by atoms with Gasteiger partial charge in [0.2, 0.25) is 0 Å². The minimum Gasteiger partial charge on any atom is -0.496 e. The summed E-state index contributed by atoms with van der Waals surface area (Å²) in [6, 6.07) is 4.54. The van der Waals surface area contributed by atoms with Crippen LogP contribution in [0.25, 0.3) is 0 Å². The number of hydrogen-bond acceptors (Lipinski definition) is 4. The van der Waals surface area contributed by atoms with Crippen LogP contribution in [0, 0.1) is 13.8 Å². The van der Waals surface area contributed by atoms with Crippen LogP contribution in [0.5, 0.6) is 5.75 Å². The molecule has 1 aromatic carbocycles. The van der Waals surface area contributed by atoms with E-state index in [4.69, 9.17) is 15.2 Å². The van der Waals surface area contributed by atoms with Crippen molar-refractivity contribution in [3.8, 4) is 5.75 Å². The maximum Gasteiger partial charge on any atom is 0.126 e. The van der Waals surface area contributed by atoms with Crippen molar-refractivity contribution in [3.63, 3.8) is 0 Å². The molecule has 2 rings (SSSR count). The zero-order chi connectivity index (χ0) is 13.8. The molecule has 0 aliphatic carbocycles. The smallest absolute Gasteiger partial charge is 0.126 e. The Morgan fingerprint density at radius 1 is 1.47 bits per heavy atom. The summed E-state index contributed by atoms with van der Waals surface area (Å²) in [7, 11) is 1.70. The number of benzene rings is 1. The molecule has 0 radical (unpaired) electrons. The van der Waals surface area contributed by atoms with Gasteiger partial charge >= 0.3 is 0 Å². The monoisotopic (exact) mass is 264 g/mol. The molecule has 0 aromatic heterocycles. The normalized spacial score (nSPS) is 21.2. The number of nitrogens with two attached hydrogens (primary N) is 1. The first kappa shape index (κ1) is 14.3. The van der Waals surface area contributed by atoms with Gasteiger partial charge in [-0.25, -0.2) is 0 Å². The Bertz CT molecular complexity index is 428. The van der Waals surface area contributed by atoms with E-state index < -0.39 is 0 Å². The van der Waals surface area contributed by atoms with E-state index in [1.807, 2.05) is 0 Å². The Morgan fingerprint density at radius 3 is 2.89 bits per heavy atom. The number of methoxy groups -OCH3 is 1. The molecule has 2 atom stereocenters. The molecule has 4 nitrogen and oxygen atoms in total. The van der Waals surface area contributed by atoms with E-state index in [-0.39, 0.29) is 6.04 Å². The summed E-state index contributed by atoms with van der Waals surface area (Å²) < 4.78 is 11.0. The summed E-state index contributed by atoms with van der Waals surface area (Å²) in [4.78, 5) is 0. The van der Waals surface area contributed by atoms with Crippen molar-refractivity contribution in [2.24, 2.45) is 5.73 Å². The maximum absolute atomic E-state index is 6.36. The molecule has 1 aliphatic heterocycles. The fourth-order valence-electron chi connectivity index (χ4n) is 2.75. The fraction of sp³-hybridized carbons (Fsp3) is 0.600. The van der Waals surface area contributed by atoms with Crippen LogP contribution in [0.15, 0.2) is 12.1 Å². The summed E-state index contributed by atoms with van der Waals surface area (Å²) in [5.74, 6) is 0.912. The first-order valence-electron chi connectivity index (χ1n) is 6.83. The van der Waals surface area contributed by atoms with Gasteiger partial charge in [-0.1, -0.05) is 17.7 Å². The van der Waals surface area contributed by atoms with Crippen LogP contribution in [0.1, 0.15) is 29.2 Å². The van der Waals surface area contributed by atoms with Gasteiger partial charge in [0.25, 0.3) is 0 Å². The number of nitrogens with one attached hydrogen (secondary N) is 1. The van der Waals surface area contributed by atoms with Crippen molar-refractivity contribution in [1.29, 1.82) is 0 Å². The molecule has 106 valence electrons. The zero-order valence-corrected chi connectivity index (χ0v) is 12.0. The van der Waals surface area contributed by atoms with Gasteiger partial charge in [0.1, 0.15) is 5.75 Å². The number of aryl methyl sites for hydroxylation is 2. The molecule has 0 saturated carbocycles. The second-order valence-electron chi connectivity index (χ2n) is 5.27. The Labute approximate surface area is 115 Å². The van der Waals surface area contributed by atoms with Gasteiger partial charge in [0.05, 0.1) is 20.3 Å². The number of ether oxygens (including phenoxy) is 2. The number of morpholine rings is 1. The SMILES string of the molecule is COc1c(C)cc(C)cc1C(N)CC1COCCN1. The third-order valence-electron chi connectivity index (χ3n) is 3.59. The second-order valence-corrected chi connectivity index (χ2v) is 5.27. The highest BCUT2D eigenvalue weighted by Crippen LogP contribution is 2.31. The third-order valence-corrected chi connectivity index (χ3v) is 3.59. The minimum absolute atomic E-state index is 0.0345. The van der Waals surface area contributed by atoms with Crippen molar-refractivity contribution in [2.45, 2.75) is 32.4 Å². The Morgan fingerprint density at radius 2 is 2.26 bits per heavy atom. The fourth-order valence-corrected chi connectivity index (χ4v) is 2.75. The Kier molecular flexibility index (Phi) is 4.80. The average molecular weight is 264 g/mol. The lowest BCUT2D eigenvalue weighted by molar-refractivity contribution is 0.0719. The molecule has 0 spiro atoms. The molecule has 1 heterocycles. The third kappa shape index (κ3) is 3.47. The molecule has 2 unspecified atom stereocenters. The molecule has 0 amide bonds. The molecular formula is C15H24N2O2. The van der Waals surface area contributed by atoms with Crippen LogP contribution >= 0.6 is 0 Å². The molecule has 3 N–H and O–H groups in total. The highest BCUT2D eigenvalue weighted by molar-refractivity contribution is 5.45. The van der Waals surface area contributed by atoms with Gasteiger partial charge < -0.3 is 20.5 Å². The van der Waals surface area contributed by atoms with Crippen molar-refractivity contribution < 1.29 is 9.47 Å². The van der Waals surface area contributed by atoms with Crippen LogP contribution in [-0.2, 0) is 4.74 Å². The summed E-state index contributed by atoms with van der Waals surface area (Å²) in [6.07, 6.45) is 0.860. The van der Waals surface area contributed by atoms with E-state index in [0.717, 1.165) is 43.1 Å². The van der Waals surface area contributed by atoms with Crippen molar-refractivity contribution in [2.75, 3.05) is 26.9 Å². The predicted molar refractivity (Wildman–Crippen MR) is 76.6 cm³/mol. The molecular weight excluding hydrogens is 240 g/mol. The van der Waals surface area contributed by atoms with Crippen molar-refractivity contribution in [1.82, 2.24) is 5.32 Å². The summed E-state index contributed by atoms with van der Waals surface area (Å²) in [5, 5.41) is 3.44. The highest BCUT2D eigenvalue weighted by atomic mass is 16.5. The van der Waals surface area contributed by atoms with Gasteiger partial charge in [0.15, 0.2) is 0 Å². The molecule has 1 aromatic rings. The van der Waals surface area contributed by atoms with Crippen molar-refractivity contribution in [3.05, 3.63) is 28.8 Å². The first-order chi connectivity index (χ1) is 9.11. The van der Waals surface area contributed by atoms with E-state index in [9.17, 15) is 0 Å². The van der Waals surface area contributed by atoms with Crippen LogP contribution in [0.4, 0.5) is 0 Å². The molecule has 1 aliphatic rings. The van der Waals surface area contributed by atoms with Gasteiger partial charge in [-0.3, -0.25) is 0 Å². The van der Waals surface area contributed by atoms with Crippen LogP contribution < -0.4 is 15.8 Å². The summed E-state index contributed by atoms with van der Waals surface area (Å²) in [5.41, 5.74) is 9.81. The number of hydrogen-bond donors (Lipinski definition) is 2. The molecule has 0 bridgehead atoms. The van der Waals surface area contributed by atoms with Gasteiger partial charge in [-0.15, -0.1) is 0 Å². The molecule has 4 heteroatoms. The van der Waals surface area contributed by atoms with Gasteiger partial charge in [-0.05, 0) is 25.8 Å². The quantitative estimate of drug-likeness (QED) is 0.869. The van der Waals surface area contributed by atoms with Gasteiger partial charge in [0, 0.05) is 24.2 Å². The minimum atomic E-state index is -0.0345. The van der Waals surface area contributed by atoms with Crippen LogP contribution in [0.3, 0.4) is 0 Å². The zero-order valence-electron chi connectivity index (χ0n) is 12.0. The maximum atomic E-state index is 6.36. The highest BCUT2D eigenvalue weighted by Gasteiger charge is 2.20. The van der Waals surface area contributed by atoms with E-state index in [2.05, 4.69) is 31.3 Å². The van der Waals surface area contributed by atoms with E-state index in [1.54, 1.807) is 7.11 Å². The first-order valence-corrected chi connectivity index (χ1v) is 6.83. The molecule has 1 fully saturated rings. The molecule has 19 heavy (non-hydrogen) atoms. The predicted octanol–water partition coefficient (Wildman–Crippen LogP) is 1.69. The van der Waals surface area contributed by atoms with Crippen LogP contribution in [-0.4, -0.2) is 32.9 Å². The Hall–Kier alpha value is -1.10. The lowest BCUT2D eigenvalue weighted by Gasteiger charge is -2.27.